The number of allylic oxidation sites excluding steroid dienone is 2. The molecule has 2 aromatic rings. The number of hydrogen-bond donors (Lipinski definition) is 5. The van der Waals surface area contributed by atoms with Gasteiger partial charge in [0.2, 0.25) is 0 Å². The van der Waals surface area contributed by atoms with Gasteiger partial charge in [0.15, 0.2) is 0 Å². The number of aryl methyl sites for hydroxylation is 1. The third kappa shape index (κ3) is 5.41. The molecule has 1 aromatic carbocycles. The van der Waals surface area contributed by atoms with Crippen molar-refractivity contribution < 1.29 is 5.11 Å². The van der Waals surface area contributed by atoms with Gasteiger partial charge in [-0.3, -0.25) is 0 Å². The van der Waals surface area contributed by atoms with Crippen LogP contribution in [0.5, 0.6) is 5.75 Å². The molecule has 7 N–H and O–H groups in total. The predicted molar refractivity (Wildman–Crippen MR) is 127 cm³/mol. The van der Waals surface area contributed by atoms with Crippen molar-refractivity contribution in [2.45, 2.75) is 64.6 Å². The van der Waals surface area contributed by atoms with Gasteiger partial charge in [-0.2, -0.15) is 0 Å². The second-order valence-electron chi connectivity index (χ2n) is 9.89. The first-order chi connectivity index (χ1) is 14.4. The van der Waals surface area contributed by atoms with E-state index in [1.807, 2.05) is 26.1 Å². The molecule has 0 unspecified atom stereocenters. The van der Waals surface area contributed by atoms with E-state index in [2.05, 4.69) is 47.9 Å². The van der Waals surface area contributed by atoms with Crippen molar-refractivity contribution in [2.24, 2.45) is 11.5 Å². The van der Waals surface area contributed by atoms with Crippen LogP contribution in [-0.2, 0) is 0 Å². The number of benzene rings is 1. The number of piperidine rings is 1. The Morgan fingerprint density at radius 1 is 1.16 bits per heavy atom. The Balaban J connectivity index is 1.76. The van der Waals surface area contributed by atoms with Crippen LogP contribution in [0.4, 0.5) is 0 Å². The minimum atomic E-state index is 0.0382. The number of nitrogens with two attached hydrogens (primary N) is 2. The summed E-state index contributed by atoms with van der Waals surface area (Å²) in [5, 5.41) is 14.2. The van der Waals surface area contributed by atoms with Crippen LogP contribution < -0.4 is 16.8 Å². The van der Waals surface area contributed by atoms with Crippen molar-refractivity contribution in [1.82, 2.24) is 20.2 Å². The Morgan fingerprint density at radius 3 is 2.35 bits per heavy atom. The molecule has 0 amide bonds. The maximum absolute atomic E-state index is 10.5. The number of aromatic nitrogens is 2. The Labute approximate surface area is 185 Å². The Bertz CT molecular complexity index is 985. The number of phenolic OH excluding ortho intramolecular Hbond substituents is 1. The molecular formula is C24H36N6O. The number of hydrogen-bond acceptors (Lipinski definition) is 6. The van der Waals surface area contributed by atoms with Gasteiger partial charge in [0, 0.05) is 41.0 Å². The van der Waals surface area contributed by atoms with E-state index in [-0.39, 0.29) is 16.8 Å². The highest BCUT2D eigenvalue weighted by molar-refractivity contribution is 5.73. The number of phenols is 1. The van der Waals surface area contributed by atoms with Crippen molar-refractivity contribution >= 4 is 5.70 Å². The summed E-state index contributed by atoms with van der Waals surface area (Å²) in [6.45, 7) is 10.8. The first-order valence-corrected chi connectivity index (χ1v) is 10.7. The van der Waals surface area contributed by atoms with Gasteiger partial charge in [0.05, 0.1) is 17.7 Å². The molecule has 0 spiro atoms. The SMILES string of the molecule is Cc1ncc(-c2ccc(/C(N)=C/C=C(\N)N(C)C3CC(C)(C)NC(C)(C)C3)c(O)c2)[nH]1. The molecule has 0 saturated carbocycles. The van der Waals surface area contributed by atoms with E-state index in [1.54, 1.807) is 24.4 Å². The summed E-state index contributed by atoms with van der Waals surface area (Å²) < 4.78 is 0. The lowest BCUT2D eigenvalue weighted by molar-refractivity contribution is 0.0981. The van der Waals surface area contributed by atoms with E-state index in [4.69, 9.17) is 11.5 Å². The van der Waals surface area contributed by atoms with E-state index in [0.29, 0.717) is 23.1 Å². The number of H-pyrrole nitrogens is 1. The van der Waals surface area contributed by atoms with E-state index < -0.39 is 0 Å². The lowest BCUT2D eigenvalue weighted by Crippen LogP contribution is -2.61. The lowest BCUT2D eigenvalue weighted by Gasteiger charge is -2.49. The molecule has 168 valence electrons. The Kier molecular flexibility index (Phi) is 6.09. The second kappa shape index (κ2) is 8.30. The summed E-state index contributed by atoms with van der Waals surface area (Å²) in [5.74, 6) is 1.58. The summed E-state index contributed by atoms with van der Waals surface area (Å²) in [7, 11) is 2.02. The maximum atomic E-state index is 10.5. The predicted octanol–water partition coefficient (Wildman–Crippen LogP) is 3.43. The highest BCUT2D eigenvalue weighted by Crippen LogP contribution is 2.32. The molecule has 7 heteroatoms. The summed E-state index contributed by atoms with van der Waals surface area (Å²) >= 11 is 0. The molecule has 0 aliphatic carbocycles. The first kappa shape index (κ1) is 22.7. The summed E-state index contributed by atoms with van der Waals surface area (Å²) in [6.07, 6.45) is 7.29. The molecule has 0 radical (unpaired) electrons. The minimum absolute atomic E-state index is 0.0382. The number of imidazole rings is 1. The zero-order valence-corrected chi connectivity index (χ0v) is 19.5. The van der Waals surface area contributed by atoms with Crippen LogP contribution in [0.2, 0.25) is 0 Å². The second-order valence-corrected chi connectivity index (χ2v) is 9.89. The molecule has 1 fully saturated rings. The molecule has 1 aromatic heterocycles. The molecule has 1 aliphatic rings. The van der Waals surface area contributed by atoms with Crippen LogP contribution in [0.1, 0.15) is 51.9 Å². The van der Waals surface area contributed by atoms with Gasteiger partial charge in [-0.25, -0.2) is 4.98 Å². The molecule has 0 atom stereocenters. The molecule has 1 aliphatic heterocycles. The molecule has 3 rings (SSSR count). The normalized spacial score (nSPS) is 19.4. The summed E-state index contributed by atoms with van der Waals surface area (Å²) in [6, 6.07) is 5.71. The number of nitrogens with zero attached hydrogens (tertiary/aromatic N) is 2. The topological polar surface area (TPSA) is 116 Å². The summed E-state index contributed by atoms with van der Waals surface area (Å²) in [5.41, 5.74) is 15.4. The monoisotopic (exact) mass is 424 g/mol. The quantitative estimate of drug-likeness (QED) is 0.470. The third-order valence-electron chi connectivity index (χ3n) is 5.88. The van der Waals surface area contributed by atoms with Crippen LogP contribution in [-0.4, -0.2) is 44.1 Å². The van der Waals surface area contributed by atoms with Crippen LogP contribution >= 0.6 is 0 Å². The van der Waals surface area contributed by atoms with Gasteiger partial charge < -0.3 is 31.8 Å². The van der Waals surface area contributed by atoms with Crippen LogP contribution in [0.25, 0.3) is 17.0 Å². The fourth-order valence-electron chi connectivity index (χ4n) is 4.65. The fraction of sp³-hybridized carbons (Fsp3) is 0.458. The van der Waals surface area contributed by atoms with E-state index in [0.717, 1.165) is 29.9 Å². The molecule has 7 nitrogen and oxygen atoms in total. The molecule has 31 heavy (non-hydrogen) atoms. The average molecular weight is 425 g/mol. The van der Waals surface area contributed by atoms with E-state index in [1.165, 1.54) is 0 Å². The first-order valence-electron chi connectivity index (χ1n) is 10.7. The molecule has 1 saturated heterocycles. The number of rotatable bonds is 5. The van der Waals surface area contributed by atoms with Gasteiger partial charge in [-0.1, -0.05) is 6.07 Å². The van der Waals surface area contributed by atoms with E-state index >= 15 is 0 Å². The molecule has 2 heterocycles. The number of nitrogens with one attached hydrogen (secondary N) is 2. The smallest absolute Gasteiger partial charge is 0.125 e. The van der Waals surface area contributed by atoms with Crippen LogP contribution in [0.3, 0.4) is 0 Å². The van der Waals surface area contributed by atoms with Crippen molar-refractivity contribution in [2.75, 3.05) is 7.05 Å². The maximum Gasteiger partial charge on any atom is 0.125 e. The van der Waals surface area contributed by atoms with Gasteiger partial charge in [0.1, 0.15) is 11.6 Å². The van der Waals surface area contributed by atoms with E-state index in [9.17, 15) is 5.11 Å². The fourth-order valence-corrected chi connectivity index (χ4v) is 4.65. The van der Waals surface area contributed by atoms with Gasteiger partial charge in [0.25, 0.3) is 0 Å². The third-order valence-corrected chi connectivity index (χ3v) is 5.88. The van der Waals surface area contributed by atoms with Crippen LogP contribution in [0.15, 0.2) is 42.4 Å². The Hall–Kier alpha value is -2.93. The number of aromatic hydroxyl groups is 1. The minimum Gasteiger partial charge on any atom is -0.507 e. The van der Waals surface area contributed by atoms with Crippen molar-refractivity contribution in [3.05, 3.63) is 53.8 Å². The van der Waals surface area contributed by atoms with Gasteiger partial charge in [-0.15, -0.1) is 0 Å². The highest BCUT2D eigenvalue weighted by Gasteiger charge is 2.39. The van der Waals surface area contributed by atoms with Crippen molar-refractivity contribution in [1.29, 1.82) is 0 Å². The largest absolute Gasteiger partial charge is 0.507 e. The van der Waals surface area contributed by atoms with Crippen molar-refractivity contribution in [3.8, 4) is 17.0 Å². The number of aromatic amines is 1. The lowest BCUT2D eigenvalue weighted by atomic mass is 9.79. The van der Waals surface area contributed by atoms with Crippen molar-refractivity contribution in [3.63, 3.8) is 0 Å². The van der Waals surface area contributed by atoms with Gasteiger partial charge in [-0.05, 0) is 71.7 Å². The standard InChI is InChI=1S/C24H36N6O/c1-15-27-14-20(28-15)16-7-8-18(21(31)11-16)19(25)9-10-22(26)30(6)17-12-23(2,3)29-24(4,5)13-17/h7-11,14,17,29,31H,12-13,25-26H2,1-6H3,(H,27,28)/b19-9-,22-10+. The van der Waals surface area contributed by atoms with Crippen LogP contribution in [0, 0.1) is 6.92 Å². The Morgan fingerprint density at radius 2 is 1.81 bits per heavy atom. The zero-order chi connectivity index (χ0) is 23.0. The van der Waals surface area contributed by atoms with Gasteiger partial charge >= 0.3 is 0 Å². The summed E-state index contributed by atoms with van der Waals surface area (Å²) in [4.78, 5) is 9.48. The zero-order valence-electron chi connectivity index (χ0n) is 19.5. The average Bonchev–Trinajstić information content (AvgIpc) is 3.09. The highest BCUT2D eigenvalue weighted by atomic mass is 16.3. The molecule has 0 bridgehead atoms. The molecular weight excluding hydrogens is 388 g/mol.